The van der Waals surface area contributed by atoms with Gasteiger partial charge in [0.25, 0.3) is 0 Å². The molecule has 0 heterocycles. The number of ether oxygens (including phenoxy) is 1. The summed E-state index contributed by atoms with van der Waals surface area (Å²) in [6.45, 7) is 0.832. The summed E-state index contributed by atoms with van der Waals surface area (Å²) >= 11 is 0. The normalized spacial score (nSPS) is 12.7. The second kappa shape index (κ2) is 5.20. The fourth-order valence-electron chi connectivity index (χ4n) is 0.339. The molecule has 0 rings (SSSR count). The van der Waals surface area contributed by atoms with Gasteiger partial charge in [-0.05, 0) is 0 Å². The number of hydrogen-bond donors (Lipinski definition) is 1. The largest absolute Gasteiger partial charge is 0.463 e. The first-order chi connectivity index (χ1) is 4.70. The third-order valence-corrected chi connectivity index (χ3v) is 0.918. The summed E-state index contributed by atoms with van der Waals surface area (Å²) in [6, 6.07) is 0. The highest BCUT2D eigenvalue weighted by atomic mass is 16.5. The van der Waals surface area contributed by atoms with E-state index < -0.39 is 18.7 Å². The van der Waals surface area contributed by atoms with E-state index in [4.69, 9.17) is 5.11 Å². The number of esters is 1. The monoisotopic (exact) mass is 147 g/mol. The van der Waals surface area contributed by atoms with Crippen molar-refractivity contribution in [2.24, 2.45) is 0 Å². The van der Waals surface area contributed by atoms with Crippen molar-refractivity contribution < 1.29 is 19.7 Å². The molecule has 0 spiro atoms. The van der Waals surface area contributed by atoms with Crippen LogP contribution in [0.3, 0.4) is 0 Å². The second-order valence-electron chi connectivity index (χ2n) is 1.86. The molecule has 0 amide bonds. The van der Waals surface area contributed by atoms with Crippen molar-refractivity contribution >= 4 is 5.97 Å². The Morgan fingerprint density at radius 1 is 1.70 bits per heavy atom. The van der Waals surface area contributed by atoms with E-state index in [1.54, 1.807) is 6.92 Å². The van der Waals surface area contributed by atoms with Crippen molar-refractivity contribution in [2.75, 3.05) is 13.2 Å². The van der Waals surface area contributed by atoms with Gasteiger partial charge in [-0.25, -0.2) is 5.11 Å². The van der Waals surface area contributed by atoms with Crippen LogP contribution in [0.15, 0.2) is 0 Å². The predicted molar refractivity (Wildman–Crippen MR) is 32.8 cm³/mol. The SMILES string of the molecule is CCC(=O)OCC(O)C[O]. The van der Waals surface area contributed by atoms with Gasteiger partial charge in [-0.3, -0.25) is 4.79 Å². The Balaban J connectivity index is 3.26. The van der Waals surface area contributed by atoms with E-state index in [-0.39, 0.29) is 13.0 Å². The van der Waals surface area contributed by atoms with Crippen LogP contribution in [0.1, 0.15) is 13.3 Å². The zero-order chi connectivity index (χ0) is 7.98. The summed E-state index contributed by atoms with van der Waals surface area (Å²) in [7, 11) is 0. The van der Waals surface area contributed by atoms with E-state index in [1.807, 2.05) is 0 Å². The Bertz CT molecular complexity index is 102. The second-order valence-corrected chi connectivity index (χ2v) is 1.86. The summed E-state index contributed by atoms with van der Waals surface area (Å²) in [5, 5.41) is 18.5. The lowest BCUT2D eigenvalue weighted by atomic mass is 10.4. The lowest BCUT2D eigenvalue weighted by Crippen LogP contribution is -2.20. The summed E-state index contributed by atoms with van der Waals surface area (Å²) in [5.74, 6) is -0.396. The highest BCUT2D eigenvalue weighted by Crippen LogP contribution is 1.87. The Morgan fingerprint density at radius 3 is 2.70 bits per heavy atom. The molecular formula is C6H11O4. The lowest BCUT2D eigenvalue weighted by Gasteiger charge is -2.05. The zero-order valence-corrected chi connectivity index (χ0v) is 5.87. The molecule has 1 N–H and O–H groups in total. The molecule has 0 bridgehead atoms. The average Bonchev–Trinajstić information content (AvgIpc) is 1.99. The summed E-state index contributed by atoms with van der Waals surface area (Å²) < 4.78 is 4.45. The molecule has 10 heavy (non-hydrogen) atoms. The maximum absolute atomic E-state index is 10.4. The van der Waals surface area contributed by atoms with Crippen molar-refractivity contribution in [3.8, 4) is 0 Å². The Morgan fingerprint density at radius 2 is 2.30 bits per heavy atom. The van der Waals surface area contributed by atoms with Crippen molar-refractivity contribution in [3.05, 3.63) is 0 Å². The molecule has 0 aromatic rings. The molecule has 59 valence electrons. The predicted octanol–water partition coefficient (Wildman–Crippen LogP) is -0.269. The molecule has 0 aromatic heterocycles. The van der Waals surface area contributed by atoms with Crippen molar-refractivity contribution in [1.29, 1.82) is 0 Å². The lowest BCUT2D eigenvalue weighted by molar-refractivity contribution is -0.147. The Labute approximate surface area is 59.4 Å². The third-order valence-electron chi connectivity index (χ3n) is 0.918. The minimum Gasteiger partial charge on any atom is -0.463 e. The number of carbonyl (C=O) groups is 1. The van der Waals surface area contributed by atoms with E-state index in [9.17, 15) is 9.90 Å². The van der Waals surface area contributed by atoms with Gasteiger partial charge in [0.05, 0.1) is 0 Å². The van der Waals surface area contributed by atoms with E-state index in [1.165, 1.54) is 0 Å². The number of hydrogen-bond acceptors (Lipinski definition) is 3. The number of aliphatic hydroxyl groups is 1. The van der Waals surface area contributed by atoms with Gasteiger partial charge in [-0.2, -0.15) is 0 Å². The van der Waals surface area contributed by atoms with Crippen LogP contribution in [-0.4, -0.2) is 30.4 Å². The van der Waals surface area contributed by atoms with Crippen LogP contribution in [-0.2, 0) is 14.6 Å². The molecule has 0 aromatic carbocycles. The van der Waals surface area contributed by atoms with Crippen LogP contribution in [0.5, 0.6) is 0 Å². The van der Waals surface area contributed by atoms with E-state index in [0.717, 1.165) is 0 Å². The van der Waals surface area contributed by atoms with Gasteiger partial charge >= 0.3 is 5.97 Å². The molecule has 0 saturated heterocycles. The Hall–Kier alpha value is -0.610. The molecule has 0 fully saturated rings. The molecule has 4 heteroatoms. The summed E-state index contributed by atoms with van der Waals surface area (Å²) in [5.41, 5.74) is 0. The molecule has 0 saturated carbocycles. The number of carbonyl (C=O) groups excluding carboxylic acids is 1. The molecule has 0 aliphatic carbocycles. The fraction of sp³-hybridized carbons (Fsp3) is 0.833. The highest BCUT2D eigenvalue weighted by Gasteiger charge is 2.05. The van der Waals surface area contributed by atoms with Crippen molar-refractivity contribution in [3.63, 3.8) is 0 Å². The van der Waals surface area contributed by atoms with E-state index in [0.29, 0.717) is 0 Å². The van der Waals surface area contributed by atoms with E-state index >= 15 is 0 Å². The Kier molecular flexibility index (Phi) is 4.88. The van der Waals surface area contributed by atoms with Crippen LogP contribution in [0, 0.1) is 0 Å². The fourth-order valence-corrected chi connectivity index (χ4v) is 0.339. The van der Waals surface area contributed by atoms with Crippen molar-refractivity contribution in [2.45, 2.75) is 19.4 Å². The molecule has 4 nitrogen and oxygen atoms in total. The van der Waals surface area contributed by atoms with Gasteiger partial charge in [0.2, 0.25) is 0 Å². The number of rotatable bonds is 4. The average molecular weight is 147 g/mol. The molecule has 1 atom stereocenters. The smallest absolute Gasteiger partial charge is 0.305 e. The van der Waals surface area contributed by atoms with Crippen LogP contribution >= 0.6 is 0 Å². The number of aliphatic hydroxyl groups excluding tert-OH is 1. The highest BCUT2D eigenvalue weighted by molar-refractivity contribution is 5.68. The zero-order valence-electron chi connectivity index (χ0n) is 5.87. The molecule has 0 aliphatic heterocycles. The van der Waals surface area contributed by atoms with Gasteiger partial charge in [0, 0.05) is 6.42 Å². The first-order valence-corrected chi connectivity index (χ1v) is 3.12. The molecular weight excluding hydrogens is 136 g/mol. The summed E-state index contributed by atoms with van der Waals surface area (Å²) in [6.07, 6.45) is -0.790. The summed E-state index contributed by atoms with van der Waals surface area (Å²) in [4.78, 5) is 10.4. The van der Waals surface area contributed by atoms with Crippen molar-refractivity contribution in [1.82, 2.24) is 0 Å². The van der Waals surface area contributed by atoms with Gasteiger partial charge in [0.1, 0.15) is 19.3 Å². The van der Waals surface area contributed by atoms with Crippen LogP contribution < -0.4 is 0 Å². The van der Waals surface area contributed by atoms with Crippen LogP contribution in [0.2, 0.25) is 0 Å². The molecule has 0 aliphatic rings. The van der Waals surface area contributed by atoms with Gasteiger partial charge in [-0.15, -0.1) is 0 Å². The first-order valence-electron chi connectivity index (χ1n) is 3.12. The minimum absolute atomic E-state index is 0.184. The molecule has 1 radical (unpaired) electrons. The van der Waals surface area contributed by atoms with Crippen LogP contribution in [0.4, 0.5) is 0 Å². The van der Waals surface area contributed by atoms with Crippen LogP contribution in [0.25, 0.3) is 0 Å². The van der Waals surface area contributed by atoms with Gasteiger partial charge in [-0.1, -0.05) is 6.92 Å². The van der Waals surface area contributed by atoms with E-state index in [2.05, 4.69) is 4.74 Å². The first kappa shape index (κ1) is 9.39. The maximum Gasteiger partial charge on any atom is 0.305 e. The standard InChI is InChI=1S/C6H11O4/c1-2-6(9)10-4-5(8)3-7/h5,8H,2-4H2,1H3. The topological polar surface area (TPSA) is 66.4 Å². The minimum atomic E-state index is -1.06. The molecule has 1 unspecified atom stereocenters. The van der Waals surface area contributed by atoms with Gasteiger partial charge in [0.15, 0.2) is 0 Å². The quantitative estimate of drug-likeness (QED) is 0.556. The van der Waals surface area contributed by atoms with Gasteiger partial charge < -0.3 is 9.84 Å². The maximum atomic E-state index is 10.4. The third kappa shape index (κ3) is 4.29.